The Morgan fingerprint density at radius 3 is 2.43 bits per heavy atom. The maximum atomic E-state index is 12.3. The number of nitrogens with one attached hydrogen (secondary N) is 1. The van der Waals surface area contributed by atoms with Crippen LogP contribution in [0.2, 0.25) is 5.02 Å². The molecule has 0 radical (unpaired) electrons. The maximum Gasteiger partial charge on any atom is 0.255 e. The summed E-state index contributed by atoms with van der Waals surface area (Å²) in [6.45, 7) is 3.90. The molecule has 0 fully saturated rings. The summed E-state index contributed by atoms with van der Waals surface area (Å²) in [6.07, 6.45) is 1.75. The molecule has 2 aromatic carbocycles. The molecule has 0 atom stereocenters. The maximum absolute atomic E-state index is 12.3. The highest BCUT2D eigenvalue weighted by Crippen LogP contribution is 2.20. The number of aromatic nitrogens is 2. The van der Waals surface area contributed by atoms with Crippen LogP contribution in [0.5, 0.6) is 0 Å². The average molecular weight is 326 g/mol. The van der Waals surface area contributed by atoms with E-state index in [1.54, 1.807) is 24.4 Å². The minimum atomic E-state index is -0.173. The Balaban J connectivity index is 1.77. The molecule has 3 aromatic rings. The third kappa shape index (κ3) is 3.27. The van der Waals surface area contributed by atoms with Crippen LogP contribution in [-0.2, 0) is 0 Å². The van der Waals surface area contributed by atoms with Crippen molar-refractivity contribution in [2.75, 3.05) is 5.32 Å². The highest BCUT2D eigenvalue weighted by molar-refractivity contribution is 6.31. The SMILES string of the molecule is Cc1ccc(NC(=O)c2ccc(-n3nccc3C)cc2)cc1Cl. The van der Waals surface area contributed by atoms with Crippen molar-refractivity contribution in [3.8, 4) is 5.69 Å². The third-order valence-corrected chi connectivity index (χ3v) is 4.04. The molecular weight excluding hydrogens is 310 g/mol. The molecule has 0 aliphatic rings. The number of anilines is 1. The van der Waals surface area contributed by atoms with E-state index in [9.17, 15) is 4.79 Å². The number of halogens is 1. The summed E-state index contributed by atoms with van der Waals surface area (Å²) in [7, 11) is 0. The summed E-state index contributed by atoms with van der Waals surface area (Å²) < 4.78 is 1.82. The van der Waals surface area contributed by atoms with E-state index in [0.29, 0.717) is 16.3 Å². The summed E-state index contributed by atoms with van der Waals surface area (Å²) in [5.74, 6) is -0.173. The second-order valence-corrected chi connectivity index (χ2v) is 5.76. The van der Waals surface area contributed by atoms with E-state index in [-0.39, 0.29) is 5.91 Å². The van der Waals surface area contributed by atoms with E-state index in [4.69, 9.17) is 11.6 Å². The average Bonchev–Trinajstić information content (AvgIpc) is 2.97. The second-order valence-electron chi connectivity index (χ2n) is 5.35. The number of carbonyl (C=O) groups excluding carboxylic acids is 1. The second kappa shape index (κ2) is 6.26. The van der Waals surface area contributed by atoms with Crippen molar-refractivity contribution in [2.24, 2.45) is 0 Å². The van der Waals surface area contributed by atoms with Crippen LogP contribution >= 0.6 is 11.6 Å². The van der Waals surface area contributed by atoms with E-state index in [1.807, 2.05) is 48.9 Å². The number of rotatable bonds is 3. The van der Waals surface area contributed by atoms with Crippen molar-refractivity contribution < 1.29 is 4.79 Å². The molecule has 0 aliphatic heterocycles. The van der Waals surface area contributed by atoms with Crippen molar-refractivity contribution in [1.29, 1.82) is 0 Å². The Labute approximate surface area is 139 Å². The third-order valence-electron chi connectivity index (χ3n) is 3.64. The van der Waals surface area contributed by atoms with Gasteiger partial charge < -0.3 is 5.32 Å². The molecule has 0 saturated heterocycles. The fraction of sp³-hybridized carbons (Fsp3) is 0.111. The predicted molar refractivity (Wildman–Crippen MR) is 92.4 cm³/mol. The molecule has 4 nitrogen and oxygen atoms in total. The molecule has 0 spiro atoms. The Morgan fingerprint density at radius 1 is 1.09 bits per heavy atom. The topological polar surface area (TPSA) is 46.9 Å². The van der Waals surface area contributed by atoms with Crippen LogP contribution in [-0.4, -0.2) is 15.7 Å². The van der Waals surface area contributed by atoms with Crippen LogP contribution in [0.15, 0.2) is 54.7 Å². The summed E-state index contributed by atoms with van der Waals surface area (Å²) in [5.41, 5.74) is 4.19. The summed E-state index contributed by atoms with van der Waals surface area (Å²) in [6, 6.07) is 14.7. The van der Waals surface area contributed by atoms with Crippen LogP contribution < -0.4 is 5.32 Å². The van der Waals surface area contributed by atoms with Crippen molar-refractivity contribution in [3.05, 3.63) is 76.6 Å². The molecule has 23 heavy (non-hydrogen) atoms. The molecule has 0 unspecified atom stereocenters. The van der Waals surface area contributed by atoms with Gasteiger partial charge in [0.1, 0.15) is 0 Å². The van der Waals surface area contributed by atoms with Gasteiger partial charge >= 0.3 is 0 Å². The van der Waals surface area contributed by atoms with E-state index < -0.39 is 0 Å². The molecule has 1 heterocycles. The number of nitrogens with zero attached hydrogens (tertiary/aromatic N) is 2. The monoisotopic (exact) mass is 325 g/mol. The number of amides is 1. The lowest BCUT2D eigenvalue weighted by atomic mass is 10.1. The lowest BCUT2D eigenvalue weighted by Gasteiger charge is -2.08. The number of carbonyl (C=O) groups is 1. The standard InChI is InChI=1S/C18H16ClN3O/c1-12-3-6-15(11-17(12)19)21-18(23)14-4-7-16(8-5-14)22-13(2)9-10-20-22/h3-11H,1-2H3,(H,21,23). The summed E-state index contributed by atoms with van der Waals surface area (Å²) in [4.78, 5) is 12.3. The van der Waals surface area contributed by atoms with E-state index >= 15 is 0 Å². The normalized spacial score (nSPS) is 10.6. The lowest BCUT2D eigenvalue weighted by Crippen LogP contribution is -2.12. The van der Waals surface area contributed by atoms with Crippen LogP contribution in [0.25, 0.3) is 5.69 Å². The van der Waals surface area contributed by atoms with Crippen molar-refractivity contribution in [3.63, 3.8) is 0 Å². The molecule has 116 valence electrons. The first-order valence-corrected chi connectivity index (χ1v) is 7.61. The highest BCUT2D eigenvalue weighted by Gasteiger charge is 2.08. The van der Waals surface area contributed by atoms with Gasteiger partial charge in [-0.1, -0.05) is 17.7 Å². The number of hydrogen-bond donors (Lipinski definition) is 1. The molecule has 1 aromatic heterocycles. The van der Waals surface area contributed by atoms with E-state index in [2.05, 4.69) is 10.4 Å². The van der Waals surface area contributed by atoms with Gasteiger partial charge in [0.05, 0.1) is 5.69 Å². The van der Waals surface area contributed by atoms with Crippen LogP contribution in [0.3, 0.4) is 0 Å². The Hall–Kier alpha value is -2.59. The zero-order valence-corrected chi connectivity index (χ0v) is 13.6. The molecule has 5 heteroatoms. The molecule has 0 bridgehead atoms. The zero-order chi connectivity index (χ0) is 16.4. The number of hydrogen-bond acceptors (Lipinski definition) is 2. The molecule has 1 N–H and O–H groups in total. The van der Waals surface area contributed by atoms with Crippen molar-refractivity contribution in [1.82, 2.24) is 9.78 Å². The van der Waals surface area contributed by atoms with Gasteiger partial charge in [-0.05, 0) is 61.9 Å². The van der Waals surface area contributed by atoms with Crippen molar-refractivity contribution >= 4 is 23.2 Å². The molecule has 0 aliphatic carbocycles. The first kappa shape index (κ1) is 15.3. The van der Waals surface area contributed by atoms with Crippen LogP contribution in [0, 0.1) is 13.8 Å². The Morgan fingerprint density at radius 2 is 1.83 bits per heavy atom. The van der Waals surface area contributed by atoms with Gasteiger partial charge in [-0.2, -0.15) is 5.10 Å². The summed E-state index contributed by atoms with van der Waals surface area (Å²) >= 11 is 6.07. The van der Waals surface area contributed by atoms with Gasteiger partial charge in [0.2, 0.25) is 0 Å². The minimum absolute atomic E-state index is 0.173. The van der Waals surface area contributed by atoms with E-state index in [1.165, 1.54) is 0 Å². The van der Waals surface area contributed by atoms with Crippen LogP contribution in [0.4, 0.5) is 5.69 Å². The van der Waals surface area contributed by atoms with Gasteiger partial charge in [0.25, 0.3) is 5.91 Å². The first-order chi connectivity index (χ1) is 11.0. The highest BCUT2D eigenvalue weighted by atomic mass is 35.5. The van der Waals surface area contributed by atoms with Gasteiger partial charge in [0, 0.05) is 28.2 Å². The molecular formula is C18H16ClN3O. The molecule has 1 amide bonds. The lowest BCUT2D eigenvalue weighted by molar-refractivity contribution is 0.102. The van der Waals surface area contributed by atoms with Crippen LogP contribution in [0.1, 0.15) is 21.6 Å². The van der Waals surface area contributed by atoms with Gasteiger partial charge in [-0.15, -0.1) is 0 Å². The fourth-order valence-corrected chi connectivity index (χ4v) is 2.45. The largest absolute Gasteiger partial charge is 0.322 e. The number of benzene rings is 2. The smallest absolute Gasteiger partial charge is 0.255 e. The quantitative estimate of drug-likeness (QED) is 0.776. The molecule has 3 rings (SSSR count). The van der Waals surface area contributed by atoms with E-state index in [0.717, 1.165) is 16.9 Å². The van der Waals surface area contributed by atoms with Gasteiger partial charge in [-0.3, -0.25) is 4.79 Å². The minimum Gasteiger partial charge on any atom is -0.322 e. The summed E-state index contributed by atoms with van der Waals surface area (Å²) in [5, 5.41) is 7.73. The number of aryl methyl sites for hydroxylation is 2. The first-order valence-electron chi connectivity index (χ1n) is 7.23. The Kier molecular flexibility index (Phi) is 4.17. The molecule has 0 saturated carbocycles. The fourth-order valence-electron chi connectivity index (χ4n) is 2.27. The van der Waals surface area contributed by atoms with Gasteiger partial charge in [-0.25, -0.2) is 4.68 Å². The Bertz CT molecular complexity index is 853. The predicted octanol–water partition coefficient (Wildman–Crippen LogP) is 4.39. The van der Waals surface area contributed by atoms with Crippen molar-refractivity contribution in [2.45, 2.75) is 13.8 Å². The van der Waals surface area contributed by atoms with Gasteiger partial charge in [0.15, 0.2) is 0 Å². The zero-order valence-electron chi connectivity index (χ0n) is 12.9.